The molecule has 0 bridgehead atoms. The first-order valence-electron chi connectivity index (χ1n) is 11.1. The molecule has 1 N–H and O–H groups in total. The fraction of sp³-hybridized carbons (Fsp3) is 0.375. The van der Waals surface area contributed by atoms with E-state index in [0.29, 0.717) is 19.5 Å². The number of piperidine rings is 1. The van der Waals surface area contributed by atoms with E-state index in [4.69, 9.17) is 14.5 Å². The summed E-state index contributed by atoms with van der Waals surface area (Å²) in [6.45, 7) is 6.31. The standard InChI is InChI=1S/C24H27N5O2S/c1-16-7-9-19(10-8-16)29-22-21(17(2)27-29)32-24(26-22)28-13-3-5-18(15-28)23(30)25-12-11-20-6-4-14-31-20/h4,6-10,14,18H,3,5,11-13,15H2,1-2H3,(H,25,30)/t18-/m0/s1. The predicted octanol–water partition coefficient (Wildman–Crippen LogP) is 4.27. The van der Waals surface area contributed by atoms with Gasteiger partial charge in [-0.25, -0.2) is 4.68 Å². The van der Waals surface area contributed by atoms with Gasteiger partial charge in [0, 0.05) is 26.1 Å². The highest BCUT2D eigenvalue weighted by Crippen LogP contribution is 2.34. The number of carbonyl (C=O) groups is 1. The average Bonchev–Trinajstić information content (AvgIpc) is 3.53. The molecule has 0 spiro atoms. The molecule has 8 heteroatoms. The molecule has 1 saturated heterocycles. The van der Waals surface area contributed by atoms with Crippen LogP contribution in [-0.2, 0) is 11.2 Å². The van der Waals surface area contributed by atoms with E-state index in [1.165, 1.54) is 5.56 Å². The van der Waals surface area contributed by atoms with Gasteiger partial charge in [0.1, 0.15) is 5.76 Å². The van der Waals surface area contributed by atoms with Crippen molar-refractivity contribution in [1.82, 2.24) is 20.1 Å². The Labute approximate surface area is 191 Å². The van der Waals surface area contributed by atoms with Crippen LogP contribution in [0.15, 0.2) is 47.1 Å². The maximum Gasteiger partial charge on any atom is 0.224 e. The molecule has 1 amide bonds. The van der Waals surface area contributed by atoms with Crippen molar-refractivity contribution in [2.75, 3.05) is 24.5 Å². The lowest BCUT2D eigenvalue weighted by Gasteiger charge is -2.31. The maximum absolute atomic E-state index is 12.7. The van der Waals surface area contributed by atoms with Gasteiger partial charge in [-0.1, -0.05) is 29.0 Å². The van der Waals surface area contributed by atoms with Gasteiger partial charge in [0.15, 0.2) is 10.8 Å². The van der Waals surface area contributed by atoms with Gasteiger partial charge in [0.05, 0.1) is 28.3 Å². The Morgan fingerprint density at radius 2 is 2.09 bits per heavy atom. The van der Waals surface area contributed by atoms with Crippen molar-refractivity contribution in [3.8, 4) is 5.69 Å². The third-order valence-corrected chi connectivity index (χ3v) is 7.18. The van der Waals surface area contributed by atoms with E-state index in [1.807, 2.05) is 23.7 Å². The Kier molecular flexibility index (Phi) is 5.70. The van der Waals surface area contributed by atoms with Crippen LogP contribution in [0.1, 0.15) is 29.9 Å². The fourth-order valence-corrected chi connectivity index (χ4v) is 5.22. The first-order chi connectivity index (χ1) is 15.6. The number of fused-ring (bicyclic) bond motifs is 1. The molecule has 0 aliphatic carbocycles. The van der Waals surface area contributed by atoms with E-state index < -0.39 is 0 Å². The number of aryl methyl sites for hydroxylation is 2. The quantitative estimate of drug-likeness (QED) is 0.476. The van der Waals surface area contributed by atoms with Gasteiger partial charge in [0.2, 0.25) is 5.91 Å². The van der Waals surface area contributed by atoms with Crippen LogP contribution in [0.25, 0.3) is 16.0 Å². The van der Waals surface area contributed by atoms with Crippen molar-refractivity contribution in [2.24, 2.45) is 5.92 Å². The highest BCUT2D eigenvalue weighted by Gasteiger charge is 2.28. The molecule has 1 aliphatic rings. The van der Waals surface area contributed by atoms with E-state index in [9.17, 15) is 4.79 Å². The van der Waals surface area contributed by atoms with Crippen molar-refractivity contribution in [1.29, 1.82) is 0 Å². The molecule has 0 unspecified atom stereocenters. The second-order valence-electron chi connectivity index (χ2n) is 8.39. The van der Waals surface area contributed by atoms with E-state index >= 15 is 0 Å². The van der Waals surface area contributed by atoms with Crippen molar-refractivity contribution < 1.29 is 9.21 Å². The number of hydrogen-bond donors (Lipinski definition) is 1. The van der Waals surface area contributed by atoms with Crippen LogP contribution in [0, 0.1) is 19.8 Å². The molecule has 0 radical (unpaired) electrons. The summed E-state index contributed by atoms with van der Waals surface area (Å²) in [6, 6.07) is 12.1. The molecule has 1 aliphatic heterocycles. The van der Waals surface area contributed by atoms with Crippen LogP contribution < -0.4 is 10.2 Å². The number of nitrogens with one attached hydrogen (secondary N) is 1. The summed E-state index contributed by atoms with van der Waals surface area (Å²) in [5.74, 6) is 0.981. The first kappa shape index (κ1) is 20.8. The van der Waals surface area contributed by atoms with Gasteiger partial charge in [0.25, 0.3) is 0 Å². The second-order valence-corrected chi connectivity index (χ2v) is 9.37. The molecule has 4 aromatic rings. The molecular weight excluding hydrogens is 422 g/mol. The van der Waals surface area contributed by atoms with Gasteiger partial charge < -0.3 is 14.6 Å². The molecule has 1 aromatic carbocycles. The normalized spacial score (nSPS) is 16.6. The second kappa shape index (κ2) is 8.78. The molecule has 3 aromatic heterocycles. The molecule has 7 nitrogen and oxygen atoms in total. The number of amides is 1. The minimum absolute atomic E-state index is 0.0259. The summed E-state index contributed by atoms with van der Waals surface area (Å²) < 4.78 is 8.37. The van der Waals surface area contributed by atoms with E-state index in [1.54, 1.807) is 17.6 Å². The molecule has 32 heavy (non-hydrogen) atoms. The Hall–Kier alpha value is -3.13. The predicted molar refractivity (Wildman–Crippen MR) is 127 cm³/mol. The fourth-order valence-electron chi connectivity index (χ4n) is 4.20. The van der Waals surface area contributed by atoms with Gasteiger partial charge in [-0.2, -0.15) is 10.1 Å². The average molecular weight is 450 g/mol. The van der Waals surface area contributed by atoms with Crippen molar-refractivity contribution >= 4 is 32.7 Å². The van der Waals surface area contributed by atoms with Gasteiger partial charge in [-0.05, 0) is 51.0 Å². The van der Waals surface area contributed by atoms with Crippen LogP contribution in [0.2, 0.25) is 0 Å². The summed E-state index contributed by atoms with van der Waals surface area (Å²) in [5.41, 5.74) is 4.09. The third kappa shape index (κ3) is 4.14. The van der Waals surface area contributed by atoms with Gasteiger partial charge >= 0.3 is 0 Å². The summed E-state index contributed by atoms with van der Waals surface area (Å²) in [7, 11) is 0. The molecule has 166 valence electrons. The molecular formula is C24H27N5O2S. The van der Waals surface area contributed by atoms with Crippen LogP contribution in [-0.4, -0.2) is 40.3 Å². The molecule has 0 saturated carbocycles. The van der Waals surface area contributed by atoms with Crippen molar-refractivity contribution in [2.45, 2.75) is 33.1 Å². The molecule has 4 heterocycles. The van der Waals surface area contributed by atoms with E-state index in [0.717, 1.165) is 52.0 Å². The third-order valence-electron chi connectivity index (χ3n) is 5.97. The molecule has 5 rings (SSSR count). The smallest absolute Gasteiger partial charge is 0.224 e. The first-order valence-corrected chi connectivity index (χ1v) is 11.9. The van der Waals surface area contributed by atoms with Gasteiger partial charge in [-0.3, -0.25) is 4.79 Å². The SMILES string of the molecule is Cc1ccc(-n2nc(C)c3sc(N4CCC[C@H](C(=O)NCCc5ccco5)C4)nc32)cc1. The number of benzene rings is 1. The van der Waals surface area contributed by atoms with Crippen LogP contribution >= 0.6 is 11.3 Å². The number of aromatic nitrogens is 3. The number of anilines is 1. The lowest BCUT2D eigenvalue weighted by atomic mass is 9.97. The Bertz CT molecular complexity index is 1210. The Balaban J connectivity index is 1.29. The minimum Gasteiger partial charge on any atom is -0.469 e. The Morgan fingerprint density at radius 3 is 2.88 bits per heavy atom. The number of rotatable bonds is 6. The van der Waals surface area contributed by atoms with Crippen LogP contribution in [0.4, 0.5) is 5.13 Å². The Morgan fingerprint density at radius 1 is 1.25 bits per heavy atom. The number of furan rings is 1. The zero-order valence-electron chi connectivity index (χ0n) is 18.4. The van der Waals surface area contributed by atoms with Crippen molar-refractivity contribution in [3.63, 3.8) is 0 Å². The van der Waals surface area contributed by atoms with Crippen LogP contribution in [0.5, 0.6) is 0 Å². The highest BCUT2D eigenvalue weighted by molar-refractivity contribution is 7.22. The maximum atomic E-state index is 12.7. The molecule has 1 fully saturated rings. The van der Waals surface area contributed by atoms with Crippen molar-refractivity contribution in [3.05, 3.63) is 59.7 Å². The highest BCUT2D eigenvalue weighted by atomic mass is 32.1. The largest absolute Gasteiger partial charge is 0.469 e. The topological polar surface area (TPSA) is 76.2 Å². The summed E-state index contributed by atoms with van der Waals surface area (Å²) in [4.78, 5) is 19.9. The number of hydrogen-bond acceptors (Lipinski definition) is 6. The zero-order chi connectivity index (χ0) is 22.1. The lowest BCUT2D eigenvalue weighted by molar-refractivity contribution is -0.125. The van der Waals surface area contributed by atoms with E-state index in [-0.39, 0.29) is 11.8 Å². The van der Waals surface area contributed by atoms with Gasteiger partial charge in [-0.15, -0.1) is 0 Å². The molecule has 1 atom stereocenters. The van der Waals surface area contributed by atoms with Crippen LogP contribution in [0.3, 0.4) is 0 Å². The number of nitrogens with zero attached hydrogens (tertiary/aromatic N) is 4. The number of carbonyl (C=O) groups excluding carboxylic acids is 1. The summed E-state index contributed by atoms with van der Waals surface area (Å²) in [5, 5.41) is 8.75. The summed E-state index contributed by atoms with van der Waals surface area (Å²) in [6.07, 6.45) is 4.26. The minimum atomic E-state index is -0.0259. The zero-order valence-corrected chi connectivity index (χ0v) is 19.2. The monoisotopic (exact) mass is 449 g/mol. The lowest BCUT2D eigenvalue weighted by Crippen LogP contribution is -2.43. The van der Waals surface area contributed by atoms with E-state index in [2.05, 4.69) is 41.4 Å². The number of thiazole rings is 1. The summed E-state index contributed by atoms with van der Waals surface area (Å²) >= 11 is 1.67.